The van der Waals surface area contributed by atoms with Crippen LogP contribution in [0.25, 0.3) is 0 Å². The fraction of sp³-hybridized carbons (Fsp3) is 0.469. The van der Waals surface area contributed by atoms with E-state index in [0.717, 1.165) is 62.2 Å². The largest absolute Gasteiger partial charge is 0.480 e. The van der Waals surface area contributed by atoms with Crippen LogP contribution in [0.1, 0.15) is 80.2 Å². The highest BCUT2D eigenvalue weighted by Gasteiger charge is 2.53. The maximum atomic E-state index is 12.6. The van der Waals surface area contributed by atoms with Gasteiger partial charge in [0.1, 0.15) is 11.9 Å². The summed E-state index contributed by atoms with van der Waals surface area (Å²) in [5, 5.41) is 14.3. The highest BCUT2D eigenvalue weighted by molar-refractivity contribution is 6.30. The van der Waals surface area contributed by atoms with Gasteiger partial charge in [-0.1, -0.05) is 48.9 Å². The Balaban J connectivity index is 1.17. The molecule has 204 valence electrons. The van der Waals surface area contributed by atoms with Crippen molar-refractivity contribution in [2.45, 2.75) is 81.6 Å². The zero-order chi connectivity index (χ0) is 27.0. The fourth-order valence-corrected chi connectivity index (χ4v) is 7.69. The first kappa shape index (κ1) is 26.1. The first-order valence-electron chi connectivity index (χ1n) is 14.2. The predicted molar refractivity (Wildman–Crippen MR) is 153 cm³/mol. The number of anilines is 1. The van der Waals surface area contributed by atoms with Crippen LogP contribution in [0.15, 0.2) is 54.9 Å². The van der Waals surface area contributed by atoms with E-state index < -0.39 is 11.5 Å². The SMILES string of the molecule is C[C@@H]1CCc2ncnc(OCCCC3Cc4ccccc4C34CCC(Nc3cccc(Cl)c3)(C(=O)O)CC4)c21. The van der Waals surface area contributed by atoms with Crippen LogP contribution in [-0.2, 0) is 23.1 Å². The van der Waals surface area contributed by atoms with Crippen LogP contribution in [0.5, 0.6) is 5.88 Å². The molecule has 1 heterocycles. The van der Waals surface area contributed by atoms with Gasteiger partial charge in [-0.25, -0.2) is 14.8 Å². The number of aryl methyl sites for hydroxylation is 1. The van der Waals surface area contributed by atoms with Crippen LogP contribution < -0.4 is 10.1 Å². The second kappa shape index (κ2) is 10.5. The molecule has 0 saturated heterocycles. The second-order valence-electron chi connectivity index (χ2n) is 11.7. The lowest BCUT2D eigenvalue weighted by Gasteiger charge is -2.47. The quantitative estimate of drug-likeness (QED) is 0.298. The van der Waals surface area contributed by atoms with Crippen molar-refractivity contribution in [3.8, 4) is 5.88 Å². The van der Waals surface area contributed by atoms with Gasteiger partial charge >= 0.3 is 5.97 Å². The van der Waals surface area contributed by atoms with Crippen LogP contribution >= 0.6 is 11.6 Å². The Morgan fingerprint density at radius 1 is 1.13 bits per heavy atom. The third-order valence-electron chi connectivity index (χ3n) is 9.59. The predicted octanol–water partition coefficient (Wildman–Crippen LogP) is 6.96. The zero-order valence-electron chi connectivity index (χ0n) is 22.5. The van der Waals surface area contributed by atoms with Gasteiger partial charge in [-0.05, 0) is 104 Å². The first-order chi connectivity index (χ1) is 18.9. The number of halogens is 1. The number of nitrogens with one attached hydrogen (secondary N) is 1. The fourth-order valence-electron chi connectivity index (χ4n) is 7.50. The Kier molecular flexibility index (Phi) is 7.00. The van der Waals surface area contributed by atoms with Gasteiger partial charge in [0.05, 0.1) is 12.3 Å². The molecule has 0 aliphatic heterocycles. The topological polar surface area (TPSA) is 84.3 Å². The number of aromatic nitrogens is 2. The maximum Gasteiger partial charge on any atom is 0.329 e. The molecular weight excluding hydrogens is 510 g/mol. The Morgan fingerprint density at radius 3 is 2.74 bits per heavy atom. The van der Waals surface area contributed by atoms with Crippen molar-refractivity contribution < 1.29 is 14.6 Å². The van der Waals surface area contributed by atoms with E-state index in [9.17, 15) is 9.90 Å². The highest BCUT2D eigenvalue weighted by Crippen LogP contribution is 2.55. The molecular formula is C32H36ClN3O3. The molecule has 0 amide bonds. The van der Waals surface area contributed by atoms with E-state index in [2.05, 4.69) is 46.5 Å². The molecule has 1 fully saturated rings. The molecule has 3 aliphatic carbocycles. The minimum atomic E-state index is -0.995. The van der Waals surface area contributed by atoms with Gasteiger partial charge in [0.2, 0.25) is 5.88 Å². The molecule has 3 aromatic rings. The molecule has 39 heavy (non-hydrogen) atoms. The molecule has 1 aromatic heterocycles. The van der Waals surface area contributed by atoms with Crippen LogP contribution in [-0.4, -0.2) is 33.2 Å². The van der Waals surface area contributed by atoms with Gasteiger partial charge in [0, 0.05) is 16.3 Å². The van der Waals surface area contributed by atoms with E-state index in [1.165, 1.54) is 16.7 Å². The van der Waals surface area contributed by atoms with Gasteiger partial charge < -0.3 is 15.2 Å². The number of carbonyl (C=O) groups is 1. The minimum absolute atomic E-state index is 0.00374. The van der Waals surface area contributed by atoms with E-state index >= 15 is 0 Å². The van der Waals surface area contributed by atoms with Crippen molar-refractivity contribution in [2.75, 3.05) is 11.9 Å². The normalized spacial score (nSPS) is 27.2. The van der Waals surface area contributed by atoms with Gasteiger partial charge in [0.25, 0.3) is 0 Å². The molecule has 2 atom stereocenters. The van der Waals surface area contributed by atoms with Crippen LogP contribution in [0, 0.1) is 5.92 Å². The number of carboxylic acids is 1. The van der Waals surface area contributed by atoms with Gasteiger partial charge in [-0.2, -0.15) is 0 Å². The summed E-state index contributed by atoms with van der Waals surface area (Å²) in [4.78, 5) is 21.5. The summed E-state index contributed by atoms with van der Waals surface area (Å²) in [5.41, 5.74) is 4.91. The molecule has 3 aliphatic rings. The van der Waals surface area contributed by atoms with Crippen LogP contribution in [0.3, 0.4) is 0 Å². The molecule has 6 rings (SSSR count). The molecule has 1 spiro atoms. The van der Waals surface area contributed by atoms with Crippen molar-refractivity contribution in [3.63, 3.8) is 0 Å². The van der Waals surface area contributed by atoms with Crippen molar-refractivity contribution in [3.05, 3.63) is 82.3 Å². The number of aliphatic carboxylic acids is 1. The number of hydrogen-bond donors (Lipinski definition) is 2. The molecule has 2 N–H and O–H groups in total. The number of nitrogens with zero attached hydrogens (tertiary/aromatic N) is 2. The average molecular weight is 546 g/mol. The number of ether oxygens (including phenoxy) is 1. The van der Waals surface area contributed by atoms with E-state index in [4.69, 9.17) is 16.3 Å². The summed E-state index contributed by atoms with van der Waals surface area (Å²) in [7, 11) is 0. The summed E-state index contributed by atoms with van der Waals surface area (Å²) < 4.78 is 6.22. The number of hydrogen-bond acceptors (Lipinski definition) is 5. The standard InChI is InChI=1S/C32H36ClN3O3/c1-21-11-12-27-28(21)29(35-20-34-27)39-17-5-7-23-18-22-6-2-3-10-26(22)31(23)13-15-32(16-14-31,30(37)38)36-25-9-4-8-24(33)19-25/h2-4,6,8-10,19-21,23,36H,5,7,11-18H2,1H3,(H,37,38)/t21-,23?,31?,32?/m1/s1. The molecule has 2 aromatic carbocycles. The summed E-state index contributed by atoms with van der Waals surface area (Å²) in [6, 6.07) is 16.1. The summed E-state index contributed by atoms with van der Waals surface area (Å²) in [5.74, 6) is 0.873. The van der Waals surface area contributed by atoms with E-state index in [1.54, 1.807) is 18.5 Å². The lowest BCUT2D eigenvalue weighted by Crippen LogP contribution is -2.53. The molecule has 1 saturated carbocycles. The highest BCUT2D eigenvalue weighted by atomic mass is 35.5. The Hall–Kier alpha value is -3.12. The Labute approximate surface area is 235 Å². The molecule has 0 radical (unpaired) electrons. The Morgan fingerprint density at radius 2 is 1.95 bits per heavy atom. The van der Waals surface area contributed by atoms with E-state index in [0.29, 0.717) is 36.3 Å². The number of benzene rings is 2. The van der Waals surface area contributed by atoms with E-state index in [-0.39, 0.29) is 5.41 Å². The third kappa shape index (κ3) is 4.77. The number of carboxylic acid groups (broad SMARTS) is 1. The molecule has 0 bridgehead atoms. The molecule has 6 nitrogen and oxygen atoms in total. The second-order valence-corrected chi connectivity index (χ2v) is 12.1. The smallest absolute Gasteiger partial charge is 0.329 e. The van der Waals surface area contributed by atoms with Crippen LogP contribution in [0.2, 0.25) is 5.02 Å². The summed E-state index contributed by atoms with van der Waals surface area (Å²) >= 11 is 6.19. The third-order valence-corrected chi connectivity index (χ3v) is 9.82. The van der Waals surface area contributed by atoms with Crippen molar-refractivity contribution >= 4 is 23.3 Å². The molecule has 1 unspecified atom stereocenters. The average Bonchev–Trinajstić information content (AvgIpc) is 3.46. The lowest BCUT2D eigenvalue weighted by molar-refractivity contribution is -0.144. The minimum Gasteiger partial charge on any atom is -0.480 e. The summed E-state index contributed by atoms with van der Waals surface area (Å²) in [6.45, 7) is 2.86. The van der Waals surface area contributed by atoms with Crippen molar-refractivity contribution in [1.29, 1.82) is 0 Å². The number of fused-ring (bicyclic) bond motifs is 3. The lowest BCUT2D eigenvalue weighted by atomic mass is 9.60. The zero-order valence-corrected chi connectivity index (χ0v) is 23.2. The summed E-state index contributed by atoms with van der Waals surface area (Å²) in [6.07, 6.45) is 9.58. The first-order valence-corrected chi connectivity index (χ1v) is 14.6. The monoisotopic (exact) mass is 545 g/mol. The van der Waals surface area contributed by atoms with Crippen LogP contribution in [0.4, 0.5) is 5.69 Å². The van der Waals surface area contributed by atoms with Crippen molar-refractivity contribution in [2.24, 2.45) is 5.92 Å². The Bertz CT molecular complexity index is 1370. The van der Waals surface area contributed by atoms with E-state index in [1.807, 2.05) is 12.1 Å². The molecule has 7 heteroatoms. The van der Waals surface area contributed by atoms with Crippen molar-refractivity contribution in [1.82, 2.24) is 9.97 Å². The maximum absolute atomic E-state index is 12.6. The number of rotatable bonds is 8. The van der Waals surface area contributed by atoms with Gasteiger partial charge in [0.15, 0.2) is 0 Å². The van der Waals surface area contributed by atoms with Gasteiger partial charge in [-0.15, -0.1) is 0 Å². The van der Waals surface area contributed by atoms with Gasteiger partial charge in [-0.3, -0.25) is 0 Å².